The molecular weight excluding hydrogens is 248 g/mol. The van der Waals surface area contributed by atoms with Gasteiger partial charge in [-0.1, -0.05) is 52.3 Å². The quantitative estimate of drug-likeness (QED) is 0.706. The van der Waals surface area contributed by atoms with E-state index in [1.165, 1.54) is 5.57 Å². The first-order valence-corrected chi connectivity index (χ1v) is 8.17. The molecule has 0 heterocycles. The van der Waals surface area contributed by atoms with E-state index < -0.39 is 0 Å². The number of ether oxygens (including phenoxy) is 1. The summed E-state index contributed by atoms with van der Waals surface area (Å²) in [6, 6.07) is 0. The maximum atomic E-state index is 12.1. The fourth-order valence-electron chi connectivity index (χ4n) is 3.57. The van der Waals surface area contributed by atoms with Crippen LogP contribution >= 0.6 is 0 Å². The van der Waals surface area contributed by atoms with Crippen LogP contribution in [0.1, 0.15) is 53.4 Å². The highest BCUT2D eigenvalue weighted by Crippen LogP contribution is 2.42. The third kappa shape index (κ3) is 2.99. The Balaban J connectivity index is 2.16. The molecule has 0 saturated heterocycles. The summed E-state index contributed by atoms with van der Waals surface area (Å²) >= 11 is 0. The van der Waals surface area contributed by atoms with Gasteiger partial charge in [-0.05, 0) is 36.7 Å². The molecule has 112 valence electrons. The van der Waals surface area contributed by atoms with E-state index >= 15 is 0 Å². The summed E-state index contributed by atoms with van der Waals surface area (Å²) in [6.07, 6.45) is 11.0. The van der Waals surface area contributed by atoms with E-state index in [1.54, 1.807) is 0 Å². The smallest absolute Gasteiger partial charge is 0.308 e. The van der Waals surface area contributed by atoms with Crippen LogP contribution in [0.25, 0.3) is 0 Å². The van der Waals surface area contributed by atoms with Crippen molar-refractivity contribution in [2.75, 3.05) is 0 Å². The van der Waals surface area contributed by atoms with Crippen LogP contribution in [-0.2, 0) is 9.53 Å². The molecule has 2 aliphatic carbocycles. The molecule has 0 spiro atoms. The Morgan fingerprint density at radius 3 is 2.85 bits per heavy atom. The van der Waals surface area contributed by atoms with Crippen LogP contribution in [0.4, 0.5) is 0 Å². The molecule has 20 heavy (non-hydrogen) atoms. The summed E-state index contributed by atoms with van der Waals surface area (Å²) in [4.78, 5) is 12.1. The molecule has 0 fully saturated rings. The SMILES string of the molecule is CCC(C)C(=O)OC1CCC=C2C=CC(C)C(CC)C21. The predicted molar refractivity (Wildman–Crippen MR) is 82.2 cm³/mol. The Morgan fingerprint density at radius 2 is 2.20 bits per heavy atom. The second-order valence-electron chi connectivity index (χ2n) is 6.38. The largest absolute Gasteiger partial charge is 0.461 e. The van der Waals surface area contributed by atoms with Crippen molar-refractivity contribution in [2.45, 2.75) is 59.5 Å². The molecule has 0 amide bonds. The van der Waals surface area contributed by atoms with Crippen molar-refractivity contribution in [3.05, 3.63) is 23.8 Å². The van der Waals surface area contributed by atoms with E-state index in [9.17, 15) is 4.79 Å². The van der Waals surface area contributed by atoms with E-state index in [-0.39, 0.29) is 18.0 Å². The first-order chi connectivity index (χ1) is 9.58. The Labute approximate surface area is 123 Å². The molecule has 0 N–H and O–H groups in total. The summed E-state index contributed by atoms with van der Waals surface area (Å²) < 4.78 is 5.88. The molecule has 2 rings (SSSR count). The minimum Gasteiger partial charge on any atom is -0.461 e. The van der Waals surface area contributed by atoms with Crippen molar-refractivity contribution in [1.82, 2.24) is 0 Å². The van der Waals surface area contributed by atoms with Crippen molar-refractivity contribution in [3.8, 4) is 0 Å². The van der Waals surface area contributed by atoms with Crippen molar-refractivity contribution in [3.63, 3.8) is 0 Å². The minimum atomic E-state index is -0.0178. The van der Waals surface area contributed by atoms with Gasteiger partial charge in [-0.2, -0.15) is 0 Å². The van der Waals surface area contributed by atoms with Crippen LogP contribution in [0, 0.1) is 23.7 Å². The number of fused-ring (bicyclic) bond motifs is 1. The molecule has 0 bridgehead atoms. The highest BCUT2D eigenvalue weighted by molar-refractivity contribution is 5.72. The normalized spacial score (nSPS) is 34.1. The average Bonchev–Trinajstić information content (AvgIpc) is 2.46. The first-order valence-electron chi connectivity index (χ1n) is 8.17. The standard InChI is InChI=1S/C18H28O2/c1-5-12(3)18(19)20-16-9-7-8-14-11-10-13(4)15(6-2)17(14)16/h8,10-13,15-17H,5-7,9H2,1-4H3. The van der Waals surface area contributed by atoms with Gasteiger partial charge in [0.15, 0.2) is 0 Å². The predicted octanol–water partition coefficient (Wildman–Crippen LogP) is 4.51. The Morgan fingerprint density at radius 1 is 1.45 bits per heavy atom. The number of hydrogen-bond donors (Lipinski definition) is 0. The van der Waals surface area contributed by atoms with Gasteiger partial charge >= 0.3 is 5.97 Å². The maximum Gasteiger partial charge on any atom is 0.308 e. The molecule has 0 aromatic rings. The Bertz CT molecular complexity index is 408. The highest BCUT2D eigenvalue weighted by atomic mass is 16.5. The number of rotatable bonds is 4. The maximum absolute atomic E-state index is 12.1. The third-order valence-corrected chi connectivity index (χ3v) is 5.10. The third-order valence-electron chi connectivity index (χ3n) is 5.10. The lowest BCUT2D eigenvalue weighted by molar-refractivity contribution is -0.157. The van der Waals surface area contributed by atoms with Gasteiger partial charge in [-0.15, -0.1) is 0 Å². The number of carbonyl (C=O) groups excluding carboxylic acids is 1. The molecule has 5 atom stereocenters. The molecule has 2 nitrogen and oxygen atoms in total. The number of esters is 1. The number of carbonyl (C=O) groups is 1. The van der Waals surface area contributed by atoms with Crippen LogP contribution in [0.15, 0.2) is 23.8 Å². The fourth-order valence-corrected chi connectivity index (χ4v) is 3.57. The van der Waals surface area contributed by atoms with Crippen LogP contribution < -0.4 is 0 Å². The highest BCUT2D eigenvalue weighted by Gasteiger charge is 2.39. The van der Waals surface area contributed by atoms with E-state index in [2.05, 4.69) is 32.1 Å². The zero-order valence-electron chi connectivity index (χ0n) is 13.3. The second-order valence-corrected chi connectivity index (χ2v) is 6.38. The fraction of sp³-hybridized carbons (Fsp3) is 0.722. The van der Waals surface area contributed by atoms with Gasteiger partial charge in [0.1, 0.15) is 6.10 Å². The van der Waals surface area contributed by atoms with Crippen molar-refractivity contribution in [1.29, 1.82) is 0 Å². The summed E-state index contributed by atoms with van der Waals surface area (Å²) in [5.74, 6) is 1.57. The van der Waals surface area contributed by atoms with Gasteiger partial charge in [0, 0.05) is 5.92 Å². The zero-order chi connectivity index (χ0) is 14.7. The van der Waals surface area contributed by atoms with Gasteiger partial charge in [0.05, 0.1) is 5.92 Å². The lowest BCUT2D eigenvalue weighted by atomic mass is 9.67. The topological polar surface area (TPSA) is 26.3 Å². The van der Waals surface area contributed by atoms with Crippen LogP contribution in [0.3, 0.4) is 0 Å². The molecule has 5 unspecified atom stereocenters. The summed E-state index contributed by atoms with van der Waals surface area (Å²) in [7, 11) is 0. The monoisotopic (exact) mass is 276 g/mol. The Kier molecular flexibility index (Phi) is 5.06. The average molecular weight is 276 g/mol. The molecule has 2 heteroatoms. The van der Waals surface area contributed by atoms with Crippen molar-refractivity contribution >= 4 is 5.97 Å². The summed E-state index contributed by atoms with van der Waals surface area (Å²) in [5, 5.41) is 0. The van der Waals surface area contributed by atoms with Crippen molar-refractivity contribution < 1.29 is 9.53 Å². The Hall–Kier alpha value is -1.05. The van der Waals surface area contributed by atoms with Crippen molar-refractivity contribution in [2.24, 2.45) is 23.7 Å². The molecule has 2 aliphatic rings. The summed E-state index contributed by atoms with van der Waals surface area (Å²) in [5.41, 5.74) is 1.39. The lowest BCUT2D eigenvalue weighted by Gasteiger charge is -2.41. The lowest BCUT2D eigenvalue weighted by Crippen LogP contribution is -2.39. The van der Waals surface area contributed by atoms with E-state index in [0.29, 0.717) is 17.8 Å². The van der Waals surface area contributed by atoms with Gasteiger partial charge in [0.25, 0.3) is 0 Å². The van der Waals surface area contributed by atoms with E-state index in [0.717, 1.165) is 25.7 Å². The number of hydrogen-bond acceptors (Lipinski definition) is 2. The molecule has 0 saturated carbocycles. The molecule has 0 aliphatic heterocycles. The first kappa shape index (κ1) is 15.3. The van der Waals surface area contributed by atoms with Gasteiger partial charge in [-0.3, -0.25) is 4.79 Å². The molecule has 0 aromatic heterocycles. The van der Waals surface area contributed by atoms with E-state index in [4.69, 9.17) is 4.74 Å². The van der Waals surface area contributed by atoms with E-state index in [1.807, 2.05) is 13.8 Å². The van der Waals surface area contributed by atoms with Crippen LogP contribution in [-0.4, -0.2) is 12.1 Å². The minimum absolute atomic E-state index is 0.0148. The van der Waals surface area contributed by atoms with Gasteiger partial charge < -0.3 is 4.74 Å². The van der Waals surface area contributed by atoms with Gasteiger partial charge in [0.2, 0.25) is 0 Å². The number of allylic oxidation sites excluding steroid dienone is 3. The van der Waals surface area contributed by atoms with Gasteiger partial charge in [-0.25, -0.2) is 0 Å². The molecule has 0 radical (unpaired) electrons. The zero-order valence-corrected chi connectivity index (χ0v) is 13.3. The van der Waals surface area contributed by atoms with Crippen LogP contribution in [0.2, 0.25) is 0 Å². The molecule has 0 aromatic carbocycles. The van der Waals surface area contributed by atoms with Crippen LogP contribution in [0.5, 0.6) is 0 Å². The molecular formula is C18H28O2. The second kappa shape index (κ2) is 6.60. The summed E-state index contributed by atoms with van der Waals surface area (Å²) in [6.45, 7) is 8.53.